The molecule has 0 radical (unpaired) electrons. The van der Waals surface area contributed by atoms with Crippen molar-refractivity contribution in [3.05, 3.63) is 54.1 Å². The molecule has 2 amide bonds. The lowest BCUT2D eigenvalue weighted by Crippen LogP contribution is -2.51. The van der Waals surface area contributed by atoms with Crippen molar-refractivity contribution in [2.24, 2.45) is 0 Å². The normalized spacial score (nSPS) is 19.6. The Balaban J connectivity index is 1.68. The van der Waals surface area contributed by atoms with Gasteiger partial charge < -0.3 is 4.74 Å². The number of amides is 2. The number of carbonyl (C=O) groups is 3. The number of hydrogen-bond donors (Lipinski definition) is 0. The van der Waals surface area contributed by atoms with Crippen LogP contribution in [-0.2, 0) is 24.4 Å². The van der Waals surface area contributed by atoms with E-state index in [1.165, 1.54) is 35.5 Å². The van der Waals surface area contributed by atoms with Gasteiger partial charge in [0.25, 0.3) is 5.91 Å². The van der Waals surface area contributed by atoms with Crippen LogP contribution in [-0.4, -0.2) is 42.6 Å². The number of ether oxygens (including phenoxy) is 1. The van der Waals surface area contributed by atoms with Crippen LogP contribution in [0.5, 0.6) is 5.75 Å². The summed E-state index contributed by atoms with van der Waals surface area (Å²) in [5, 5.41) is 0. The predicted octanol–water partition coefficient (Wildman–Crippen LogP) is 3.58. The van der Waals surface area contributed by atoms with Gasteiger partial charge in [-0.05, 0) is 56.2 Å². The summed E-state index contributed by atoms with van der Waals surface area (Å²) in [7, 11) is -4.01. The van der Waals surface area contributed by atoms with Crippen LogP contribution in [0, 0.1) is 6.92 Å². The monoisotopic (exact) mass is 484 g/mol. The Kier molecular flexibility index (Phi) is 6.86. The highest BCUT2D eigenvalue weighted by atomic mass is 32.2. The summed E-state index contributed by atoms with van der Waals surface area (Å²) in [4.78, 5) is 38.8. The maximum Gasteiger partial charge on any atom is 0.308 e. The molecule has 2 aromatic carbocycles. The van der Waals surface area contributed by atoms with Crippen LogP contribution < -0.4 is 9.64 Å². The summed E-state index contributed by atoms with van der Waals surface area (Å²) in [6.07, 6.45) is 3.86. The van der Waals surface area contributed by atoms with Crippen LogP contribution >= 0.6 is 0 Å². The van der Waals surface area contributed by atoms with Crippen molar-refractivity contribution in [2.45, 2.75) is 69.4 Å². The van der Waals surface area contributed by atoms with Gasteiger partial charge in [0.1, 0.15) is 11.8 Å². The van der Waals surface area contributed by atoms with E-state index in [4.69, 9.17) is 4.74 Å². The molecule has 1 atom stereocenters. The summed E-state index contributed by atoms with van der Waals surface area (Å²) >= 11 is 0. The van der Waals surface area contributed by atoms with Crippen molar-refractivity contribution in [2.75, 3.05) is 4.90 Å². The second kappa shape index (κ2) is 9.68. The summed E-state index contributed by atoms with van der Waals surface area (Å²) in [6.45, 7) is 3.15. The molecule has 0 N–H and O–H groups in total. The molecule has 1 heterocycles. The molecule has 1 saturated carbocycles. The van der Waals surface area contributed by atoms with E-state index < -0.39 is 33.8 Å². The van der Waals surface area contributed by atoms with Gasteiger partial charge in [-0.2, -0.15) is 4.31 Å². The third-order valence-electron chi connectivity index (χ3n) is 6.32. The highest BCUT2D eigenvalue weighted by molar-refractivity contribution is 7.89. The van der Waals surface area contributed by atoms with Gasteiger partial charge in [0.15, 0.2) is 0 Å². The quantitative estimate of drug-likeness (QED) is 0.353. The molecule has 0 bridgehead atoms. The third-order valence-corrected chi connectivity index (χ3v) is 8.29. The number of sulfonamides is 1. The van der Waals surface area contributed by atoms with Crippen molar-refractivity contribution in [1.82, 2.24) is 4.31 Å². The fraction of sp³-hybridized carbons (Fsp3) is 0.400. The van der Waals surface area contributed by atoms with E-state index >= 15 is 0 Å². The topological polar surface area (TPSA) is 101 Å². The first-order chi connectivity index (χ1) is 16.2. The number of hydrogen-bond acceptors (Lipinski definition) is 6. The molecule has 1 unspecified atom stereocenters. The summed E-state index contributed by atoms with van der Waals surface area (Å²) in [5.41, 5.74) is 1.24. The van der Waals surface area contributed by atoms with Crippen molar-refractivity contribution in [1.29, 1.82) is 0 Å². The molecule has 1 saturated heterocycles. The molecule has 1 aliphatic heterocycles. The number of esters is 1. The Morgan fingerprint density at radius 3 is 2.18 bits per heavy atom. The molecular weight excluding hydrogens is 456 g/mol. The van der Waals surface area contributed by atoms with Gasteiger partial charge in [0.05, 0.1) is 17.0 Å². The fourth-order valence-corrected chi connectivity index (χ4v) is 6.53. The molecule has 34 heavy (non-hydrogen) atoms. The van der Waals surface area contributed by atoms with Crippen LogP contribution in [0.2, 0.25) is 0 Å². The SMILES string of the molecule is CC(=O)Oc1ccc(N2C(=O)CC(N(C3CCCCC3)S(=O)(=O)c3ccc(C)cc3)C2=O)cc1. The van der Waals surface area contributed by atoms with Crippen LogP contribution in [0.3, 0.4) is 0 Å². The number of carbonyl (C=O) groups excluding carboxylic acids is 3. The lowest BCUT2D eigenvalue weighted by Gasteiger charge is -2.36. The first-order valence-electron chi connectivity index (χ1n) is 11.4. The summed E-state index contributed by atoms with van der Waals surface area (Å²) < 4.78 is 33.8. The van der Waals surface area contributed by atoms with Crippen molar-refractivity contribution in [3.8, 4) is 5.75 Å². The molecule has 9 heteroatoms. The van der Waals surface area contributed by atoms with Gasteiger partial charge in [0.2, 0.25) is 15.9 Å². The molecule has 180 valence electrons. The summed E-state index contributed by atoms with van der Waals surface area (Å²) in [5.74, 6) is -1.22. The molecule has 4 rings (SSSR count). The van der Waals surface area contributed by atoms with Gasteiger partial charge in [-0.15, -0.1) is 0 Å². The Morgan fingerprint density at radius 1 is 0.971 bits per heavy atom. The van der Waals surface area contributed by atoms with Crippen molar-refractivity contribution in [3.63, 3.8) is 0 Å². The second-order valence-corrected chi connectivity index (χ2v) is 10.7. The largest absolute Gasteiger partial charge is 0.427 e. The number of rotatable bonds is 6. The van der Waals surface area contributed by atoms with Gasteiger partial charge in [-0.3, -0.25) is 14.4 Å². The van der Waals surface area contributed by atoms with E-state index in [1.54, 1.807) is 24.3 Å². The fourth-order valence-electron chi connectivity index (χ4n) is 4.70. The molecule has 2 aliphatic rings. The molecule has 8 nitrogen and oxygen atoms in total. The zero-order valence-electron chi connectivity index (χ0n) is 19.3. The van der Waals surface area contributed by atoms with Crippen LogP contribution in [0.15, 0.2) is 53.4 Å². The van der Waals surface area contributed by atoms with Crippen molar-refractivity contribution >= 4 is 33.5 Å². The first-order valence-corrected chi connectivity index (χ1v) is 12.9. The molecule has 0 spiro atoms. The van der Waals surface area contributed by atoms with Crippen LogP contribution in [0.25, 0.3) is 0 Å². The maximum absolute atomic E-state index is 13.8. The van der Waals surface area contributed by atoms with Gasteiger partial charge in [-0.1, -0.05) is 37.0 Å². The molecule has 2 aromatic rings. The zero-order chi connectivity index (χ0) is 24.5. The van der Waals surface area contributed by atoms with E-state index in [0.29, 0.717) is 18.5 Å². The van der Waals surface area contributed by atoms with Crippen molar-refractivity contribution < 1.29 is 27.5 Å². The minimum absolute atomic E-state index is 0.119. The predicted molar refractivity (Wildman–Crippen MR) is 126 cm³/mol. The van der Waals surface area contributed by atoms with Gasteiger partial charge >= 0.3 is 5.97 Å². The summed E-state index contributed by atoms with van der Waals surface area (Å²) in [6, 6.07) is 11.1. The second-order valence-electron chi connectivity index (χ2n) is 8.81. The molecule has 2 fully saturated rings. The van der Waals surface area contributed by atoms with E-state index in [2.05, 4.69) is 0 Å². The number of nitrogens with zero attached hydrogens (tertiary/aromatic N) is 2. The minimum Gasteiger partial charge on any atom is -0.427 e. The zero-order valence-corrected chi connectivity index (χ0v) is 20.1. The van der Waals surface area contributed by atoms with E-state index in [-0.39, 0.29) is 23.1 Å². The van der Waals surface area contributed by atoms with E-state index in [9.17, 15) is 22.8 Å². The molecule has 0 aromatic heterocycles. The average Bonchev–Trinajstić information content (AvgIpc) is 3.08. The number of benzene rings is 2. The Bertz CT molecular complexity index is 1180. The Labute approximate surface area is 199 Å². The smallest absolute Gasteiger partial charge is 0.308 e. The highest BCUT2D eigenvalue weighted by Gasteiger charge is 2.49. The minimum atomic E-state index is -4.01. The number of aryl methyl sites for hydroxylation is 1. The first kappa shape index (κ1) is 24.1. The van der Waals surface area contributed by atoms with Crippen LogP contribution in [0.4, 0.5) is 5.69 Å². The Morgan fingerprint density at radius 2 is 1.59 bits per heavy atom. The average molecular weight is 485 g/mol. The van der Waals surface area contributed by atoms with E-state index in [0.717, 1.165) is 29.7 Å². The Hall–Kier alpha value is -3.04. The lowest BCUT2D eigenvalue weighted by molar-refractivity contribution is -0.132. The highest BCUT2D eigenvalue weighted by Crippen LogP contribution is 2.35. The standard InChI is InChI=1S/C25H28N2O6S/c1-17-8-14-22(15-9-17)34(31,32)27(20-6-4-3-5-7-20)23-16-24(29)26(25(23)30)19-10-12-21(13-11-19)33-18(2)28/h8-15,20,23H,3-7,16H2,1-2H3. The third kappa shape index (κ3) is 4.76. The van der Waals surface area contributed by atoms with Gasteiger partial charge in [0, 0.05) is 13.0 Å². The van der Waals surface area contributed by atoms with E-state index in [1.807, 2.05) is 6.92 Å². The molecule has 1 aliphatic carbocycles. The maximum atomic E-state index is 13.8. The lowest BCUT2D eigenvalue weighted by atomic mass is 9.94. The molecular formula is C25H28N2O6S. The van der Waals surface area contributed by atoms with Crippen LogP contribution in [0.1, 0.15) is 51.0 Å². The number of anilines is 1. The van der Waals surface area contributed by atoms with Gasteiger partial charge in [-0.25, -0.2) is 13.3 Å². The number of imide groups is 1.